The molecule has 0 aliphatic rings. The lowest BCUT2D eigenvalue weighted by Gasteiger charge is -2.19. The van der Waals surface area contributed by atoms with Gasteiger partial charge in [-0.05, 0) is 92.5 Å². The third-order valence-corrected chi connectivity index (χ3v) is 7.20. The monoisotopic (exact) mass is 359 g/mol. The van der Waals surface area contributed by atoms with Crippen LogP contribution in [0.5, 0.6) is 0 Å². The van der Waals surface area contributed by atoms with Gasteiger partial charge in [0, 0.05) is 5.69 Å². The Kier molecular flexibility index (Phi) is 5.62. The largest absolute Gasteiger partial charge is 0.280 e. The van der Waals surface area contributed by atoms with Gasteiger partial charge in [0.2, 0.25) is 0 Å². The fraction of sp³-hybridized carbons (Fsp3) is 0.429. The van der Waals surface area contributed by atoms with Crippen LogP contribution >= 0.6 is 0 Å². The van der Waals surface area contributed by atoms with Crippen LogP contribution in [0.1, 0.15) is 59.6 Å². The molecule has 136 valence electrons. The fourth-order valence-electron chi connectivity index (χ4n) is 3.19. The van der Waals surface area contributed by atoms with Gasteiger partial charge >= 0.3 is 0 Å². The molecule has 2 aromatic carbocycles. The number of rotatable bonds is 5. The first-order valence-electron chi connectivity index (χ1n) is 8.79. The van der Waals surface area contributed by atoms with Crippen LogP contribution in [-0.2, 0) is 10.0 Å². The highest BCUT2D eigenvalue weighted by Crippen LogP contribution is 2.31. The van der Waals surface area contributed by atoms with Crippen LogP contribution in [0.4, 0.5) is 5.69 Å². The maximum absolute atomic E-state index is 13.0. The standard InChI is InChI=1S/C21H29NO2S/c1-8-13(2)19-9-11-20(12-10-19)22-25(23,24)21-17(6)15(4)14(3)16(5)18(21)7/h9-13,22H,8H2,1-7H3. The van der Waals surface area contributed by atoms with E-state index in [1.54, 1.807) is 0 Å². The minimum absolute atomic E-state index is 0.402. The lowest BCUT2D eigenvalue weighted by Crippen LogP contribution is -2.17. The van der Waals surface area contributed by atoms with E-state index >= 15 is 0 Å². The van der Waals surface area contributed by atoms with E-state index in [1.807, 2.05) is 58.9 Å². The number of hydrogen-bond acceptors (Lipinski definition) is 2. The van der Waals surface area contributed by atoms with Gasteiger partial charge in [-0.2, -0.15) is 0 Å². The number of nitrogens with one attached hydrogen (secondary N) is 1. The summed E-state index contributed by atoms with van der Waals surface area (Å²) < 4.78 is 28.8. The average molecular weight is 360 g/mol. The van der Waals surface area contributed by atoms with Gasteiger partial charge in [-0.3, -0.25) is 4.72 Å². The van der Waals surface area contributed by atoms with Gasteiger partial charge in [0.05, 0.1) is 4.90 Å². The molecule has 0 heterocycles. The van der Waals surface area contributed by atoms with Crippen molar-refractivity contribution in [3.63, 3.8) is 0 Å². The molecule has 0 aliphatic carbocycles. The van der Waals surface area contributed by atoms with Crippen LogP contribution in [-0.4, -0.2) is 8.42 Å². The van der Waals surface area contributed by atoms with Gasteiger partial charge < -0.3 is 0 Å². The number of sulfonamides is 1. The first-order chi connectivity index (χ1) is 11.6. The van der Waals surface area contributed by atoms with Crippen LogP contribution in [0.25, 0.3) is 0 Å². The van der Waals surface area contributed by atoms with Crippen LogP contribution < -0.4 is 4.72 Å². The minimum Gasteiger partial charge on any atom is -0.280 e. The second kappa shape index (κ2) is 7.20. The van der Waals surface area contributed by atoms with Crippen molar-refractivity contribution in [3.8, 4) is 0 Å². The first kappa shape index (κ1) is 19.5. The summed E-state index contributed by atoms with van der Waals surface area (Å²) in [7, 11) is -3.63. The zero-order valence-corrected chi connectivity index (χ0v) is 17.1. The van der Waals surface area contributed by atoms with Crippen LogP contribution in [0.2, 0.25) is 0 Å². The topological polar surface area (TPSA) is 46.2 Å². The molecule has 0 bridgehead atoms. The van der Waals surface area contributed by atoms with Crippen molar-refractivity contribution in [3.05, 3.63) is 57.6 Å². The molecule has 0 saturated carbocycles. The molecule has 4 heteroatoms. The predicted octanol–water partition coefficient (Wildman–Crippen LogP) is 5.54. The summed E-state index contributed by atoms with van der Waals surface area (Å²) in [5.41, 5.74) is 6.70. The molecule has 0 fully saturated rings. The summed E-state index contributed by atoms with van der Waals surface area (Å²) in [4.78, 5) is 0.402. The highest BCUT2D eigenvalue weighted by molar-refractivity contribution is 7.92. The molecule has 0 aliphatic heterocycles. The third kappa shape index (κ3) is 3.74. The van der Waals surface area contributed by atoms with Crippen molar-refractivity contribution < 1.29 is 8.42 Å². The summed E-state index contributed by atoms with van der Waals surface area (Å²) in [6.45, 7) is 14.1. The van der Waals surface area contributed by atoms with E-state index in [1.165, 1.54) is 5.56 Å². The molecule has 25 heavy (non-hydrogen) atoms. The van der Waals surface area contributed by atoms with Gasteiger partial charge in [0.25, 0.3) is 10.0 Å². The minimum atomic E-state index is -3.63. The smallest absolute Gasteiger partial charge is 0.262 e. The van der Waals surface area contributed by atoms with E-state index in [2.05, 4.69) is 18.6 Å². The molecule has 0 aromatic heterocycles. The Morgan fingerprint density at radius 3 is 1.72 bits per heavy atom. The lowest BCUT2D eigenvalue weighted by atomic mass is 9.95. The highest BCUT2D eigenvalue weighted by Gasteiger charge is 2.23. The zero-order chi connectivity index (χ0) is 18.9. The van der Waals surface area contributed by atoms with Gasteiger partial charge in [-0.25, -0.2) is 8.42 Å². The quantitative estimate of drug-likeness (QED) is 0.761. The van der Waals surface area contributed by atoms with Gasteiger partial charge in [-0.1, -0.05) is 26.0 Å². The first-order valence-corrected chi connectivity index (χ1v) is 10.3. The van der Waals surface area contributed by atoms with Crippen molar-refractivity contribution in [1.29, 1.82) is 0 Å². The molecular formula is C21H29NO2S. The molecule has 2 aromatic rings. The maximum atomic E-state index is 13.0. The van der Waals surface area contributed by atoms with E-state index < -0.39 is 10.0 Å². The average Bonchev–Trinajstić information content (AvgIpc) is 2.57. The Morgan fingerprint density at radius 2 is 1.28 bits per heavy atom. The molecule has 1 N–H and O–H groups in total. The molecule has 3 nitrogen and oxygen atoms in total. The highest BCUT2D eigenvalue weighted by atomic mass is 32.2. The van der Waals surface area contributed by atoms with E-state index in [0.29, 0.717) is 16.5 Å². The van der Waals surface area contributed by atoms with Crippen molar-refractivity contribution in [1.82, 2.24) is 0 Å². The van der Waals surface area contributed by atoms with E-state index in [-0.39, 0.29) is 0 Å². The van der Waals surface area contributed by atoms with Crippen LogP contribution in [0, 0.1) is 34.6 Å². The molecule has 1 unspecified atom stereocenters. The van der Waals surface area contributed by atoms with E-state index in [4.69, 9.17) is 0 Å². The Balaban J connectivity index is 2.44. The molecule has 0 spiro atoms. The van der Waals surface area contributed by atoms with Gasteiger partial charge in [-0.15, -0.1) is 0 Å². The molecular weight excluding hydrogens is 330 g/mol. The Hall–Kier alpha value is -1.81. The number of anilines is 1. The maximum Gasteiger partial charge on any atom is 0.262 e. The lowest BCUT2D eigenvalue weighted by molar-refractivity contribution is 0.599. The van der Waals surface area contributed by atoms with Crippen molar-refractivity contribution in [2.24, 2.45) is 0 Å². The Morgan fingerprint density at radius 1 is 0.840 bits per heavy atom. The normalized spacial score (nSPS) is 12.9. The van der Waals surface area contributed by atoms with E-state index in [0.717, 1.165) is 34.2 Å². The van der Waals surface area contributed by atoms with Crippen LogP contribution in [0.15, 0.2) is 29.2 Å². The Labute approximate surface area is 152 Å². The second-order valence-electron chi connectivity index (χ2n) is 6.99. The van der Waals surface area contributed by atoms with Gasteiger partial charge in [0.1, 0.15) is 0 Å². The summed E-state index contributed by atoms with van der Waals surface area (Å²) in [5, 5.41) is 0. The zero-order valence-electron chi connectivity index (χ0n) is 16.3. The summed E-state index contributed by atoms with van der Waals surface area (Å²) in [6, 6.07) is 7.68. The Bertz CT molecular complexity index is 852. The molecule has 1 atom stereocenters. The second-order valence-corrected chi connectivity index (χ2v) is 8.61. The summed E-state index contributed by atoms with van der Waals surface area (Å²) >= 11 is 0. The van der Waals surface area contributed by atoms with Gasteiger partial charge in [0.15, 0.2) is 0 Å². The summed E-state index contributed by atoms with van der Waals surface area (Å²) in [5.74, 6) is 0.470. The molecule has 2 rings (SSSR count). The van der Waals surface area contributed by atoms with Crippen molar-refractivity contribution in [2.75, 3.05) is 4.72 Å². The number of benzene rings is 2. The fourth-order valence-corrected chi connectivity index (χ4v) is 4.85. The van der Waals surface area contributed by atoms with Crippen molar-refractivity contribution >= 4 is 15.7 Å². The predicted molar refractivity (Wildman–Crippen MR) is 106 cm³/mol. The molecule has 0 amide bonds. The summed E-state index contributed by atoms with van der Waals surface area (Å²) in [6.07, 6.45) is 1.06. The van der Waals surface area contributed by atoms with E-state index in [9.17, 15) is 8.42 Å². The number of hydrogen-bond donors (Lipinski definition) is 1. The van der Waals surface area contributed by atoms with Crippen molar-refractivity contribution in [2.45, 2.75) is 65.7 Å². The molecule has 0 radical (unpaired) electrons. The van der Waals surface area contributed by atoms with Crippen LogP contribution in [0.3, 0.4) is 0 Å². The SMILES string of the molecule is CCC(C)c1ccc(NS(=O)(=O)c2c(C)c(C)c(C)c(C)c2C)cc1. The molecule has 0 saturated heterocycles. The third-order valence-electron chi connectivity index (χ3n) is 5.54.